The predicted molar refractivity (Wildman–Crippen MR) is 136 cm³/mol. The van der Waals surface area contributed by atoms with Gasteiger partial charge in [0.2, 0.25) is 0 Å². The van der Waals surface area contributed by atoms with Crippen molar-refractivity contribution < 1.29 is 24.5 Å². The summed E-state index contributed by atoms with van der Waals surface area (Å²) in [5.41, 5.74) is 1.02. The number of hydrogen-bond acceptors (Lipinski definition) is 6. The molecule has 2 aromatic rings. The summed E-state index contributed by atoms with van der Waals surface area (Å²) < 4.78 is 5.74. The molecule has 7 nitrogen and oxygen atoms in total. The molecule has 2 N–H and O–H groups in total. The van der Waals surface area contributed by atoms with E-state index in [1.165, 1.54) is 17.0 Å². The first-order valence-corrected chi connectivity index (χ1v) is 12.4. The number of carbonyl (C=O) groups excluding carboxylic acids is 2. The summed E-state index contributed by atoms with van der Waals surface area (Å²) in [5, 5.41) is 21.3. The average Bonchev–Trinajstić information content (AvgIpc) is 3.12. The lowest BCUT2D eigenvalue weighted by Gasteiger charge is -2.28. The molecule has 1 saturated heterocycles. The molecule has 1 fully saturated rings. The minimum Gasteiger partial charge on any atom is -0.508 e. The molecular formula is C28H36N2O5. The zero-order valence-corrected chi connectivity index (χ0v) is 20.9. The zero-order valence-electron chi connectivity index (χ0n) is 20.9. The lowest BCUT2D eigenvalue weighted by Crippen LogP contribution is -2.38. The summed E-state index contributed by atoms with van der Waals surface area (Å²) in [4.78, 5) is 29.9. The third kappa shape index (κ3) is 6.22. The lowest BCUT2D eigenvalue weighted by molar-refractivity contribution is -0.140. The van der Waals surface area contributed by atoms with Crippen LogP contribution in [0.5, 0.6) is 11.5 Å². The number of Topliss-reactive ketones (excluding diaryl/α,β-unsaturated/α-hetero) is 1. The molecule has 1 aliphatic rings. The second kappa shape index (κ2) is 12.4. The summed E-state index contributed by atoms with van der Waals surface area (Å²) >= 11 is 0. The van der Waals surface area contributed by atoms with E-state index in [9.17, 15) is 19.8 Å². The van der Waals surface area contributed by atoms with Crippen LogP contribution in [-0.2, 0) is 9.59 Å². The highest BCUT2D eigenvalue weighted by molar-refractivity contribution is 6.46. The Labute approximate surface area is 207 Å². The van der Waals surface area contributed by atoms with E-state index in [1.807, 2.05) is 13.8 Å². The number of ether oxygens (including phenoxy) is 1. The molecule has 0 saturated carbocycles. The minimum absolute atomic E-state index is 0.0248. The highest BCUT2D eigenvalue weighted by atomic mass is 16.5. The van der Waals surface area contributed by atoms with Gasteiger partial charge in [-0.1, -0.05) is 45.7 Å². The molecule has 0 bridgehead atoms. The number of aliphatic hydroxyl groups is 1. The van der Waals surface area contributed by atoms with Gasteiger partial charge < -0.3 is 24.7 Å². The van der Waals surface area contributed by atoms with Gasteiger partial charge in [0, 0.05) is 18.7 Å². The van der Waals surface area contributed by atoms with Crippen LogP contribution in [0.25, 0.3) is 5.76 Å². The van der Waals surface area contributed by atoms with Gasteiger partial charge in [-0.3, -0.25) is 9.59 Å². The van der Waals surface area contributed by atoms with E-state index in [1.54, 1.807) is 36.4 Å². The Morgan fingerprint density at radius 3 is 2.37 bits per heavy atom. The van der Waals surface area contributed by atoms with Gasteiger partial charge in [0.25, 0.3) is 11.7 Å². The number of unbranched alkanes of at least 4 members (excludes halogenated alkanes) is 2. The molecule has 0 radical (unpaired) electrons. The summed E-state index contributed by atoms with van der Waals surface area (Å²) in [7, 11) is 0. The van der Waals surface area contributed by atoms with E-state index >= 15 is 0 Å². The van der Waals surface area contributed by atoms with E-state index in [0.29, 0.717) is 36.6 Å². The highest BCUT2D eigenvalue weighted by Gasteiger charge is 2.46. The van der Waals surface area contributed by atoms with Crippen molar-refractivity contribution in [3.05, 3.63) is 65.2 Å². The van der Waals surface area contributed by atoms with Gasteiger partial charge in [0.15, 0.2) is 0 Å². The van der Waals surface area contributed by atoms with E-state index in [4.69, 9.17) is 4.74 Å². The summed E-state index contributed by atoms with van der Waals surface area (Å²) in [5.74, 6) is -0.902. The smallest absolute Gasteiger partial charge is 0.295 e. The van der Waals surface area contributed by atoms with Crippen molar-refractivity contribution in [1.29, 1.82) is 0 Å². The molecule has 1 unspecified atom stereocenters. The number of phenolic OH excluding ortho intramolecular Hbond substituents is 1. The fourth-order valence-electron chi connectivity index (χ4n) is 4.35. The number of rotatable bonds is 12. The number of aliphatic hydroxyl groups excluding tert-OH is 1. The maximum Gasteiger partial charge on any atom is 0.295 e. The largest absolute Gasteiger partial charge is 0.508 e. The van der Waals surface area contributed by atoms with Gasteiger partial charge in [-0.15, -0.1) is 0 Å². The number of carbonyl (C=O) groups is 2. The Balaban J connectivity index is 1.95. The summed E-state index contributed by atoms with van der Waals surface area (Å²) in [6.07, 6.45) is 3.18. The van der Waals surface area contributed by atoms with Crippen LogP contribution >= 0.6 is 0 Å². The van der Waals surface area contributed by atoms with Crippen LogP contribution in [0, 0.1) is 0 Å². The lowest BCUT2D eigenvalue weighted by atomic mass is 9.95. The number of likely N-dealkylation sites (N-methyl/N-ethyl adjacent to an activating group) is 1. The number of likely N-dealkylation sites (tertiary alicyclic amines) is 1. The van der Waals surface area contributed by atoms with Crippen LogP contribution in [-0.4, -0.2) is 64.5 Å². The number of hydrogen-bond donors (Lipinski definition) is 2. The van der Waals surface area contributed by atoms with Crippen molar-refractivity contribution in [2.24, 2.45) is 0 Å². The summed E-state index contributed by atoms with van der Waals surface area (Å²) in [6.45, 7) is 9.41. The van der Waals surface area contributed by atoms with Crippen LogP contribution in [0.1, 0.15) is 57.2 Å². The fourth-order valence-corrected chi connectivity index (χ4v) is 4.35. The number of aromatic hydroxyl groups is 1. The Kier molecular flexibility index (Phi) is 9.32. The van der Waals surface area contributed by atoms with Crippen LogP contribution in [0.3, 0.4) is 0 Å². The molecule has 0 aromatic heterocycles. The van der Waals surface area contributed by atoms with Gasteiger partial charge >= 0.3 is 0 Å². The van der Waals surface area contributed by atoms with Crippen LogP contribution in [0.2, 0.25) is 0 Å². The number of benzene rings is 2. The van der Waals surface area contributed by atoms with Gasteiger partial charge in [0.05, 0.1) is 18.2 Å². The molecule has 188 valence electrons. The van der Waals surface area contributed by atoms with Gasteiger partial charge in [-0.2, -0.15) is 0 Å². The van der Waals surface area contributed by atoms with E-state index in [2.05, 4.69) is 11.8 Å². The minimum atomic E-state index is -0.789. The highest BCUT2D eigenvalue weighted by Crippen LogP contribution is 2.40. The standard InChI is InChI=1S/C28H36N2O5/c1-4-7-8-18-35-23-14-12-20(13-15-23)26(32)24-25(21-10-9-11-22(31)19-21)30(28(34)27(24)33)17-16-29(5-2)6-3/h9-15,19,25,31-32H,4-8,16-18H2,1-3H3/b26-24-. The van der Waals surface area contributed by atoms with Crippen LogP contribution < -0.4 is 4.74 Å². The molecular weight excluding hydrogens is 444 g/mol. The first kappa shape index (κ1) is 26.3. The van der Waals surface area contributed by atoms with E-state index in [0.717, 1.165) is 32.4 Å². The Morgan fingerprint density at radius 2 is 1.74 bits per heavy atom. The average molecular weight is 481 g/mol. The van der Waals surface area contributed by atoms with Crippen molar-refractivity contribution in [3.8, 4) is 11.5 Å². The van der Waals surface area contributed by atoms with Crippen LogP contribution in [0.4, 0.5) is 0 Å². The normalized spacial score (nSPS) is 17.4. The zero-order chi connectivity index (χ0) is 25.4. The third-order valence-corrected chi connectivity index (χ3v) is 6.42. The molecule has 0 spiro atoms. The second-order valence-corrected chi connectivity index (χ2v) is 8.69. The Hall–Kier alpha value is -3.32. The van der Waals surface area contributed by atoms with Crippen LogP contribution in [0.15, 0.2) is 54.1 Å². The number of nitrogens with zero attached hydrogens (tertiary/aromatic N) is 2. The molecule has 2 aromatic carbocycles. The number of ketones is 1. The monoisotopic (exact) mass is 480 g/mol. The second-order valence-electron chi connectivity index (χ2n) is 8.69. The SMILES string of the molecule is CCCCCOc1ccc(/C(O)=C2/C(=O)C(=O)N(CCN(CC)CC)C2c2cccc(O)c2)cc1. The number of phenols is 1. The first-order chi connectivity index (χ1) is 16.9. The van der Waals surface area contributed by atoms with Crippen molar-refractivity contribution >= 4 is 17.4 Å². The fraction of sp³-hybridized carbons (Fsp3) is 0.429. The van der Waals surface area contributed by atoms with Crippen molar-refractivity contribution in [3.63, 3.8) is 0 Å². The van der Waals surface area contributed by atoms with Gasteiger partial charge in [-0.05, 0) is 61.5 Å². The van der Waals surface area contributed by atoms with Gasteiger partial charge in [0.1, 0.15) is 17.3 Å². The van der Waals surface area contributed by atoms with Crippen molar-refractivity contribution in [2.75, 3.05) is 32.8 Å². The first-order valence-electron chi connectivity index (χ1n) is 12.4. The van der Waals surface area contributed by atoms with Gasteiger partial charge in [-0.25, -0.2) is 0 Å². The summed E-state index contributed by atoms with van der Waals surface area (Å²) in [6, 6.07) is 12.6. The quantitative estimate of drug-likeness (QED) is 0.198. The third-order valence-electron chi connectivity index (χ3n) is 6.42. The molecule has 1 atom stereocenters. The van der Waals surface area contributed by atoms with E-state index < -0.39 is 17.7 Å². The molecule has 1 amide bonds. The van der Waals surface area contributed by atoms with Crippen molar-refractivity contribution in [1.82, 2.24) is 9.80 Å². The molecule has 0 aliphatic carbocycles. The maximum absolute atomic E-state index is 13.1. The molecule has 1 aliphatic heterocycles. The molecule has 7 heteroatoms. The van der Waals surface area contributed by atoms with Crippen molar-refractivity contribution in [2.45, 2.75) is 46.1 Å². The topological polar surface area (TPSA) is 90.3 Å². The maximum atomic E-state index is 13.1. The number of amides is 1. The van der Waals surface area contributed by atoms with E-state index in [-0.39, 0.29) is 17.1 Å². The molecule has 35 heavy (non-hydrogen) atoms. The predicted octanol–water partition coefficient (Wildman–Crippen LogP) is 4.72. The Bertz CT molecular complexity index is 1040. The Morgan fingerprint density at radius 1 is 1.03 bits per heavy atom. The molecule has 1 heterocycles. The molecule has 3 rings (SSSR count).